The normalized spacial score (nSPS) is 10.6. The molecule has 0 bridgehead atoms. The van der Waals surface area contributed by atoms with E-state index < -0.39 is 0 Å². The van der Waals surface area contributed by atoms with Gasteiger partial charge in [0.25, 0.3) is 0 Å². The number of aryl methyl sites for hydroxylation is 2. The van der Waals surface area contributed by atoms with E-state index in [2.05, 4.69) is 33.8 Å². The fourth-order valence-electron chi connectivity index (χ4n) is 1.70. The van der Waals surface area contributed by atoms with Gasteiger partial charge in [0.15, 0.2) is 0 Å². The van der Waals surface area contributed by atoms with Crippen molar-refractivity contribution in [2.45, 2.75) is 25.7 Å². The van der Waals surface area contributed by atoms with Crippen LogP contribution in [0.25, 0.3) is 0 Å². The van der Waals surface area contributed by atoms with Gasteiger partial charge in [0.2, 0.25) is 0 Å². The Morgan fingerprint density at radius 3 is 1.88 bits per heavy atom. The predicted molar refractivity (Wildman–Crippen MR) is 68.7 cm³/mol. The molecule has 0 radical (unpaired) electrons. The zero-order chi connectivity index (χ0) is 11.6. The van der Waals surface area contributed by atoms with Crippen LogP contribution >= 0.6 is 0 Å². The van der Waals surface area contributed by atoms with Crippen LogP contribution in [0.1, 0.15) is 24.2 Å². The molecular weight excluding hydrogens is 198 g/mol. The van der Waals surface area contributed by atoms with E-state index in [0.717, 1.165) is 38.8 Å². The van der Waals surface area contributed by atoms with Gasteiger partial charge < -0.3 is 10.6 Å². The highest BCUT2D eigenvalue weighted by Crippen LogP contribution is 2.04. The maximum absolute atomic E-state index is 4.66. The van der Waals surface area contributed by atoms with Crippen LogP contribution in [0.2, 0.25) is 0 Å². The molecule has 0 aliphatic carbocycles. The molecule has 0 fully saturated rings. The van der Waals surface area contributed by atoms with Gasteiger partial charge in [-0.1, -0.05) is 6.07 Å². The topological polar surface area (TPSA) is 37.0 Å². The molecule has 0 atom stereocenters. The molecule has 0 saturated heterocycles. The molecule has 0 saturated carbocycles. The van der Waals surface area contributed by atoms with Crippen LogP contribution in [0.4, 0.5) is 0 Å². The summed E-state index contributed by atoms with van der Waals surface area (Å²) in [4.78, 5) is 4.66. The Bertz CT molecular complexity index is 261. The Balaban J connectivity index is 2.37. The lowest BCUT2D eigenvalue weighted by Gasteiger charge is -2.04. The van der Waals surface area contributed by atoms with E-state index in [1.54, 1.807) is 0 Å². The highest BCUT2D eigenvalue weighted by molar-refractivity contribution is 5.11. The van der Waals surface area contributed by atoms with Crippen molar-refractivity contribution in [1.82, 2.24) is 15.6 Å². The second-order valence-corrected chi connectivity index (χ2v) is 4.03. The first kappa shape index (κ1) is 13.1. The third-order valence-corrected chi connectivity index (χ3v) is 2.58. The molecule has 16 heavy (non-hydrogen) atoms. The van der Waals surface area contributed by atoms with Gasteiger partial charge in [0, 0.05) is 11.4 Å². The van der Waals surface area contributed by atoms with Gasteiger partial charge in [-0.3, -0.25) is 4.98 Å². The minimum atomic E-state index is 1.06. The first-order valence-corrected chi connectivity index (χ1v) is 6.11. The molecule has 0 aliphatic heterocycles. The lowest BCUT2D eigenvalue weighted by atomic mass is 10.1. The monoisotopic (exact) mass is 221 g/mol. The minimum absolute atomic E-state index is 1.06. The quantitative estimate of drug-likeness (QED) is 0.651. The highest BCUT2D eigenvalue weighted by Gasteiger charge is 1.98. The molecule has 0 spiro atoms. The SMILES string of the molecule is CNCCCc1cccc(CCCNC)n1. The van der Waals surface area contributed by atoms with E-state index in [9.17, 15) is 0 Å². The molecule has 1 heterocycles. The summed E-state index contributed by atoms with van der Waals surface area (Å²) in [5.41, 5.74) is 2.44. The Labute approximate surface area is 98.7 Å². The summed E-state index contributed by atoms with van der Waals surface area (Å²) in [6.45, 7) is 2.12. The average molecular weight is 221 g/mol. The summed E-state index contributed by atoms with van der Waals surface area (Å²) in [6.07, 6.45) is 4.45. The molecule has 0 aromatic carbocycles. The van der Waals surface area contributed by atoms with Crippen molar-refractivity contribution in [1.29, 1.82) is 0 Å². The first-order chi connectivity index (χ1) is 7.86. The van der Waals surface area contributed by atoms with Crippen molar-refractivity contribution >= 4 is 0 Å². The fraction of sp³-hybridized carbons (Fsp3) is 0.615. The Kier molecular flexibility index (Phi) is 6.77. The summed E-state index contributed by atoms with van der Waals surface area (Å²) < 4.78 is 0. The van der Waals surface area contributed by atoms with Gasteiger partial charge in [-0.25, -0.2) is 0 Å². The van der Waals surface area contributed by atoms with Crippen molar-refractivity contribution in [3.8, 4) is 0 Å². The number of nitrogens with zero attached hydrogens (tertiary/aromatic N) is 1. The second-order valence-electron chi connectivity index (χ2n) is 4.03. The maximum Gasteiger partial charge on any atom is 0.0407 e. The molecular formula is C13H23N3. The smallest absolute Gasteiger partial charge is 0.0407 e. The number of pyridine rings is 1. The first-order valence-electron chi connectivity index (χ1n) is 6.11. The van der Waals surface area contributed by atoms with Gasteiger partial charge in [0.05, 0.1) is 0 Å². The molecule has 3 heteroatoms. The van der Waals surface area contributed by atoms with Crippen LogP contribution in [0.15, 0.2) is 18.2 Å². The van der Waals surface area contributed by atoms with E-state index in [-0.39, 0.29) is 0 Å². The van der Waals surface area contributed by atoms with Crippen molar-refractivity contribution in [2.75, 3.05) is 27.2 Å². The van der Waals surface area contributed by atoms with E-state index in [0.29, 0.717) is 0 Å². The van der Waals surface area contributed by atoms with Crippen molar-refractivity contribution < 1.29 is 0 Å². The molecule has 2 N–H and O–H groups in total. The van der Waals surface area contributed by atoms with Crippen molar-refractivity contribution in [3.63, 3.8) is 0 Å². The largest absolute Gasteiger partial charge is 0.320 e. The third kappa shape index (κ3) is 5.24. The van der Waals surface area contributed by atoms with Gasteiger partial charge in [-0.05, 0) is 65.0 Å². The molecule has 3 nitrogen and oxygen atoms in total. The van der Waals surface area contributed by atoms with Gasteiger partial charge in [-0.2, -0.15) is 0 Å². The predicted octanol–water partition coefficient (Wildman–Crippen LogP) is 1.39. The number of rotatable bonds is 8. The summed E-state index contributed by atoms with van der Waals surface area (Å²) in [5, 5.41) is 6.32. The molecule has 1 aromatic rings. The standard InChI is InChI=1S/C13H23N3/c1-14-10-4-8-12-6-3-7-13(16-12)9-5-11-15-2/h3,6-7,14-15H,4-5,8-11H2,1-2H3. The van der Waals surface area contributed by atoms with E-state index >= 15 is 0 Å². The Morgan fingerprint density at radius 2 is 1.44 bits per heavy atom. The van der Waals surface area contributed by atoms with Crippen LogP contribution in [-0.2, 0) is 12.8 Å². The molecule has 1 rings (SSSR count). The average Bonchev–Trinajstić information content (AvgIpc) is 2.30. The van der Waals surface area contributed by atoms with E-state index in [1.165, 1.54) is 11.4 Å². The third-order valence-electron chi connectivity index (χ3n) is 2.58. The molecule has 90 valence electrons. The lowest BCUT2D eigenvalue weighted by Crippen LogP contribution is -2.10. The highest BCUT2D eigenvalue weighted by atomic mass is 14.8. The number of nitrogens with one attached hydrogen (secondary N) is 2. The molecule has 1 aromatic heterocycles. The van der Waals surface area contributed by atoms with Crippen LogP contribution < -0.4 is 10.6 Å². The summed E-state index contributed by atoms with van der Waals surface area (Å²) in [7, 11) is 3.98. The number of aromatic nitrogens is 1. The zero-order valence-corrected chi connectivity index (χ0v) is 10.4. The Hall–Kier alpha value is -0.930. The van der Waals surface area contributed by atoms with Crippen LogP contribution in [0.5, 0.6) is 0 Å². The van der Waals surface area contributed by atoms with Crippen LogP contribution in [-0.4, -0.2) is 32.2 Å². The zero-order valence-electron chi connectivity index (χ0n) is 10.4. The van der Waals surface area contributed by atoms with Gasteiger partial charge in [-0.15, -0.1) is 0 Å². The number of hydrogen-bond acceptors (Lipinski definition) is 3. The van der Waals surface area contributed by atoms with Crippen LogP contribution in [0, 0.1) is 0 Å². The van der Waals surface area contributed by atoms with E-state index in [4.69, 9.17) is 0 Å². The van der Waals surface area contributed by atoms with Gasteiger partial charge in [0.1, 0.15) is 0 Å². The molecule has 0 amide bonds. The number of hydrogen-bond donors (Lipinski definition) is 2. The Morgan fingerprint density at radius 1 is 0.938 bits per heavy atom. The summed E-state index contributed by atoms with van der Waals surface area (Å²) in [5.74, 6) is 0. The second kappa shape index (κ2) is 8.25. The van der Waals surface area contributed by atoms with Gasteiger partial charge >= 0.3 is 0 Å². The maximum atomic E-state index is 4.66. The fourth-order valence-corrected chi connectivity index (χ4v) is 1.70. The summed E-state index contributed by atoms with van der Waals surface area (Å²) in [6, 6.07) is 6.37. The van der Waals surface area contributed by atoms with Crippen molar-refractivity contribution in [3.05, 3.63) is 29.6 Å². The minimum Gasteiger partial charge on any atom is -0.320 e. The van der Waals surface area contributed by atoms with E-state index in [1.807, 2.05) is 14.1 Å². The van der Waals surface area contributed by atoms with Crippen molar-refractivity contribution in [2.24, 2.45) is 0 Å². The molecule has 0 unspecified atom stereocenters. The lowest BCUT2D eigenvalue weighted by molar-refractivity contribution is 0.697. The molecule has 0 aliphatic rings. The summed E-state index contributed by atoms with van der Waals surface area (Å²) >= 11 is 0. The van der Waals surface area contributed by atoms with Crippen LogP contribution in [0.3, 0.4) is 0 Å².